The summed E-state index contributed by atoms with van der Waals surface area (Å²) in [5, 5.41) is 8.93. The fourth-order valence-corrected chi connectivity index (χ4v) is 3.33. The van der Waals surface area contributed by atoms with Crippen LogP contribution in [-0.4, -0.2) is 30.9 Å². The lowest BCUT2D eigenvalue weighted by Crippen LogP contribution is -2.33. The van der Waals surface area contributed by atoms with Crippen LogP contribution in [0.5, 0.6) is 0 Å². The topological polar surface area (TPSA) is 57.6 Å². The van der Waals surface area contributed by atoms with Gasteiger partial charge < -0.3 is 5.11 Å². The second-order valence-corrected chi connectivity index (χ2v) is 6.29. The lowest BCUT2D eigenvalue weighted by molar-refractivity contribution is 0.267. The zero-order valence-electron chi connectivity index (χ0n) is 11.4. The Kier molecular flexibility index (Phi) is 5.38. The van der Waals surface area contributed by atoms with Gasteiger partial charge in [-0.05, 0) is 19.1 Å². The molecule has 0 radical (unpaired) electrons. The standard InChI is InChI=1S/C13H17F2NO3S/c1-4-16(7-9(2)3)20(18,19)12-6-5-11(14)10(8-17)13(12)15/h5-6,17H,2,4,7-8H2,1,3H3. The zero-order chi connectivity index (χ0) is 15.5. The number of aliphatic hydroxyl groups is 1. The summed E-state index contributed by atoms with van der Waals surface area (Å²) < 4.78 is 53.0. The van der Waals surface area contributed by atoms with Crippen molar-refractivity contribution in [2.75, 3.05) is 13.1 Å². The first-order valence-electron chi connectivity index (χ1n) is 5.98. The molecule has 1 N–H and O–H groups in total. The van der Waals surface area contributed by atoms with Crippen molar-refractivity contribution in [1.29, 1.82) is 0 Å². The molecule has 0 aromatic heterocycles. The summed E-state index contributed by atoms with van der Waals surface area (Å²) in [4.78, 5) is -0.647. The average Bonchev–Trinajstić information content (AvgIpc) is 2.35. The molecule has 0 bridgehead atoms. The number of hydrogen-bond donors (Lipinski definition) is 1. The molecule has 0 fully saturated rings. The maximum Gasteiger partial charge on any atom is 0.246 e. The molecule has 1 rings (SSSR count). The molecule has 0 spiro atoms. The van der Waals surface area contributed by atoms with Gasteiger partial charge in [0.05, 0.1) is 12.2 Å². The van der Waals surface area contributed by atoms with Crippen molar-refractivity contribution in [1.82, 2.24) is 4.31 Å². The van der Waals surface area contributed by atoms with Gasteiger partial charge in [0.1, 0.15) is 10.7 Å². The highest BCUT2D eigenvalue weighted by Crippen LogP contribution is 2.24. The predicted octanol–water partition coefficient (Wildman–Crippen LogP) is 2.04. The van der Waals surface area contributed by atoms with Crippen LogP contribution in [0.15, 0.2) is 29.2 Å². The van der Waals surface area contributed by atoms with E-state index in [2.05, 4.69) is 6.58 Å². The first-order chi connectivity index (χ1) is 9.25. The molecule has 20 heavy (non-hydrogen) atoms. The van der Waals surface area contributed by atoms with Crippen molar-refractivity contribution in [2.45, 2.75) is 25.3 Å². The van der Waals surface area contributed by atoms with Gasteiger partial charge in [0, 0.05) is 13.1 Å². The first kappa shape index (κ1) is 16.7. The van der Waals surface area contributed by atoms with Crippen LogP contribution < -0.4 is 0 Å². The summed E-state index contributed by atoms with van der Waals surface area (Å²) in [6.07, 6.45) is 0. The van der Waals surface area contributed by atoms with E-state index in [-0.39, 0.29) is 13.1 Å². The van der Waals surface area contributed by atoms with Crippen molar-refractivity contribution in [3.05, 3.63) is 41.5 Å². The summed E-state index contributed by atoms with van der Waals surface area (Å²) in [6.45, 7) is 6.14. The molecule has 0 saturated carbocycles. The van der Waals surface area contributed by atoms with E-state index in [1.54, 1.807) is 13.8 Å². The first-order valence-corrected chi connectivity index (χ1v) is 7.42. The van der Waals surface area contributed by atoms with Crippen LogP contribution in [0, 0.1) is 11.6 Å². The maximum atomic E-state index is 14.0. The molecule has 1 aromatic carbocycles. The van der Waals surface area contributed by atoms with E-state index in [9.17, 15) is 17.2 Å². The van der Waals surface area contributed by atoms with Gasteiger partial charge in [0.25, 0.3) is 0 Å². The van der Waals surface area contributed by atoms with Crippen LogP contribution in [0.2, 0.25) is 0 Å². The Bertz CT molecular complexity index is 614. The van der Waals surface area contributed by atoms with E-state index in [4.69, 9.17) is 5.11 Å². The van der Waals surface area contributed by atoms with E-state index < -0.39 is 38.7 Å². The third-order valence-corrected chi connectivity index (χ3v) is 4.66. The highest BCUT2D eigenvalue weighted by atomic mass is 32.2. The fraction of sp³-hybridized carbons (Fsp3) is 0.385. The van der Waals surface area contributed by atoms with E-state index in [0.717, 1.165) is 16.4 Å². The molecule has 0 saturated heterocycles. The minimum Gasteiger partial charge on any atom is -0.391 e. The van der Waals surface area contributed by atoms with Crippen molar-refractivity contribution in [3.8, 4) is 0 Å². The zero-order valence-corrected chi connectivity index (χ0v) is 12.2. The highest BCUT2D eigenvalue weighted by molar-refractivity contribution is 7.89. The lowest BCUT2D eigenvalue weighted by atomic mass is 10.2. The number of hydrogen-bond acceptors (Lipinski definition) is 3. The van der Waals surface area contributed by atoms with Crippen molar-refractivity contribution >= 4 is 10.0 Å². The molecule has 0 atom stereocenters. The van der Waals surface area contributed by atoms with Crippen LogP contribution in [0.4, 0.5) is 8.78 Å². The van der Waals surface area contributed by atoms with E-state index in [1.807, 2.05) is 0 Å². The van der Waals surface area contributed by atoms with Crippen LogP contribution >= 0.6 is 0 Å². The second kappa shape index (κ2) is 6.43. The summed E-state index contributed by atoms with van der Waals surface area (Å²) in [5.74, 6) is -2.24. The van der Waals surface area contributed by atoms with Crippen LogP contribution in [-0.2, 0) is 16.6 Å². The molecule has 112 valence electrons. The number of aliphatic hydroxyl groups excluding tert-OH is 1. The number of halogens is 2. The highest BCUT2D eigenvalue weighted by Gasteiger charge is 2.28. The molecule has 4 nitrogen and oxygen atoms in total. The molecule has 0 unspecified atom stereocenters. The monoisotopic (exact) mass is 305 g/mol. The Morgan fingerprint density at radius 3 is 2.45 bits per heavy atom. The van der Waals surface area contributed by atoms with Gasteiger partial charge in [-0.25, -0.2) is 17.2 Å². The largest absolute Gasteiger partial charge is 0.391 e. The molecule has 0 aliphatic rings. The SMILES string of the molecule is C=C(C)CN(CC)S(=O)(=O)c1ccc(F)c(CO)c1F. The number of rotatable bonds is 6. The third-order valence-electron chi connectivity index (χ3n) is 2.73. The van der Waals surface area contributed by atoms with Crippen molar-refractivity contribution in [3.63, 3.8) is 0 Å². The lowest BCUT2D eigenvalue weighted by Gasteiger charge is -2.21. The maximum absolute atomic E-state index is 14.0. The number of nitrogens with zero attached hydrogens (tertiary/aromatic N) is 1. The van der Waals surface area contributed by atoms with Gasteiger partial charge in [-0.2, -0.15) is 4.31 Å². The Morgan fingerprint density at radius 1 is 1.40 bits per heavy atom. The van der Waals surface area contributed by atoms with Crippen molar-refractivity contribution < 1.29 is 22.3 Å². The quantitative estimate of drug-likeness (QED) is 0.818. The summed E-state index contributed by atoms with van der Waals surface area (Å²) in [6, 6.07) is 1.69. The number of likely N-dealkylation sites (N-methyl/N-ethyl adjacent to an activating group) is 1. The molecule has 0 heterocycles. The molecule has 0 aliphatic heterocycles. The molecule has 0 amide bonds. The Hall–Kier alpha value is -1.31. The molecule has 7 heteroatoms. The summed E-state index contributed by atoms with van der Waals surface area (Å²) in [7, 11) is -4.11. The number of sulfonamides is 1. The normalized spacial score (nSPS) is 11.9. The predicted molar refractivity (Wildman–Crippen MR) is 71.5 cm³/mol. The van der Waals surface area contributed by atoms with E-state index in [0.29, 0.717) is 5.57 Å². The van der Waals surface area contributed by atoms with Gasteiger partial charge in [-0.3, -0.25) is 0 Å². The van der Waals surface area contributed by atoms with Gasteiger partial charge >= 0.3 is 0 Å². The van der Waals surface area contributed by atoms with Crippen LogP contribution in [0.1, 0.15) is 19.4 Å². The third kappa shape index (κ3) is 3.23. The summed E-state index contributed by atoms with van der Waals surface area (Å²) in [5.41, 5.74) is -0.0576. The minimum atomic E-state index is -4.11. The Labute approximate surface area is 117 Å². The molecule has 1 aromatic rings. The van der Waals surface area contributed by atoms with Crippen molar-refractivity contribution in [2.24, 2.45) is 0 Å². The van der Waals surface area contributed by atoms with Gasteiger partial charge in [0.15, 0.2) is 5.82 Å². The smallest absolute Gasteiger partial charge is 0.246 e. The molecule has 0 aliphatic carbocycles. The van der Waals surface area contributed by atoms with E-state index in [1.165, 1.54) is 0 Å². The molecular formula is C13H17F2NO3S. The number of benzene rings is 1. The minimum absolute atomic E-state index is 0.0457. The Balaban J connectivity index is 3.38. The summed E-state index contributed by atoms with van der Waals surface area (Å²) >= 11 is 0. The van der Waals surface area contributed by atoms with Gasteiger partial charge in [0.2, 0.25) is 10.0 Å². The van der Waals surface area contributed by atoms with Gasteiger partial charge in [-0.1, -0.05) is 19.1 Å². The van der Waals surface area contributed by atoms with Crippen LogP contribution in [0.3, 0.4) is 0 Å². The van der Waals surface area contributed by atoms with Crippen LogP contribution in [0.25, 0.3) is 0 Å². The van der Waals surface area contributed by atoms with E-state index >= 15 is 0 Å². The van der Waals surface area contributed by atoms with Gasteiger partial charge in [-0.15, -0.1) is 0 Å². The fourth-order valence-electron chi connectivity index (χ4n) is 1.73. The average molecular weight is 305 g/mol. The molecular weight excluding hydrogens is 288 g/mol. The Morgan fingerprint density at radius 2 is 2.00 bits per heavy atom. The second-order valence-electron chi connectivity index (χ2n) is 4.38.